The van der Waals surface area contributed by atoms with Crippen molar-refractivity contribution in [3.8, 4) is 22.8 Å². The van der Waals surface area contributed by atoms with Gasteiger partial charge in [-0.1, -0.05) is 41.6 Å². The lowest BCUT2D eigenvalue weighted by molar-refractivity contribution is -0.113. The number of carbonyl (C=O) groups is 1. The van der Waals surface area contributed by atoms with Crippen molar-refractivity contribution in [2.24, 2.45) is 0 Å². The van der Waals surface area contributed by atoms with Gasteiger partial charge in [0.1, 0.15) is 5.75 Å². The number of benzene rings is 3. The third-order valence-corrected chi connectivity index (χ3v) is 6.51. The molecule has 5 aromatic rings. The minimum absolute atomic E-state index is 0.146. The van der Waals surface area contributed by atoms with Gasteiger partial charge in [0.05, 0.1) is 12.4 Å². The molecule has 176 valence electrons. The summed E-state index contributed by atoms with van der Waals surface area (Å²) >= 11 is 7.25. The van der Waals surface area contributed by atoms with Gasteiger partial charge in [-0.2, -0.15) is 0 Å². The minimum Gasteiger partial charge on any atom is -0.494 e. The summed E-state index contributed by atoms with van der Waals surface area (Å²) in [6, 6.07) is 22.8. The Morgan fingerprint density at radius 1 is 1.06 bits per heavy atom. The molecule has 7 nitrogen and oxygen atoms in total. The van der Waals surface area contributed by atoms with Gasteiger partial charge in [-0.3, -0.25) is 9.36 Å². The topological polar surface area (TPSA) is 84.8 Å². The molecule has 0 bridgehead atoms. The normalized spacial score (nSPS) is 11.0. The minimum atomic E-state index is -0.146. The van der Waals surface area contributed by atoms with E-state index in [0.717, 1.165) is 27.9 Å². The molecule has 3 aromatic carbocycles. The van der Waals surface area contributed by atoms with Gasteiger partial charge in [0, 0.05) is 39.1 Å². The monoisotopic (exact) mass is 503 g/mol. The number of carbonyl (C=O) groups excluding carboxylic acids is 1. The Balaban J connectivity index is 1.46. The lowest BCUT2D eigenvalue weighted by atomic mass is 10.1. The number of halogens is 1. The molecule has 0 aliphatic rings. The summed E-state index contributed by atoms with van der Waals surface area (Å²) in [5.41, 5.74) is 3.51. The Morgan fingerprint density at radius 3 is 2.60 bits per heavy atom. The fourth-order valence-electron chi connectivity index (χ4n) is 3.75. The summed E-state index contributed by atoms with van der Waals surface area (Å²) in [6.07, 6.45) is 1.93. The number of nitrogens with zero attached hydrogens (tertiary/aromatic N) is 3. The van der Waals surface area contributed by atoms with Crippen molar-refractivity contribution in [3.63, 3.8) is 0 Å². The summed E-state index contributed by atoms with van der Waals surface area (Å²) in [5, 5.41) is 14.1. The Bertz CT molecular complexity index is 1460. The van der Waals surface area contributed by atoms with Crippen LogP contribution in [0.2, 0.25) is 5.02 Å². The number of fused-ring (bicyclic) bond motifs is 1. The van der Waals surface area contributed by atoms with Crippen LogP contribution in [0.4, 0.5) is 5.69 Å². The van der Waals surface area contributed by atoms with Gasteiger partial charge in [0.2, 0.25) is 5.91 Å². The molecule has 0 saturated carbocycles. The number of aromatic amines is 1. The van der Waals surface area contributed by atoms with E-state index in [9.17, 15) is 4.79 Å². The molecule has 0 fully saturated rings. The first-order valence-corrected chi connectivity index (χ1v) is 12.4. The predicted molar refractivity (Wildman–Crippen MR) is 141 cm³/mol. The number of amides is 1. The van der Waals surface area contributed by atoms with E-state index in [1.807, 2.05) is 66.2 Å². The second kappa shape index (κ2) is 10.2. The van der Waals surface area contributed by atoms with Gasteiger partial charge in [-0.25, -0.2) is 0 Å². The highest BCUT2D eigenvalue weighted by Gasteiger charge is 2.20. The second-order valence-corrected chi connectivity index (χ2v) is 9.04. The first-order chi connectivity index (χ1) is 17.1. The molecule has 2 aromatic heterocycles. The van der Waals surface area contributed by atoms with Gasteiger partial charge >= 0.3 is 0 Å². The fourth-order valence-corrected chi connectivity index (χ4v) is 4.62. The summed E-state index contributed by atoms with van der Waals surface area (Å²) in [5.74, 6) is 1.50. The number of hydrogen-bond acceptors (Lipinski definition) is 5. The number of hydrogen-bond donors (Lipinski definition) is 2. The third-order valence-electron chi connectivity index (χ3n) is 5.33. The van der Waals surface area contributed by atoms with E-state index in [2.05, 4.69) is 20.5 Å². The van der Waals surface area contributed by atoms with Gasteiger partial charge in [-0.05, 0) is 61.5 Å². The van der Waals surface area contributed by atoms with Crippen molar-refractivity contribution in [1.82, 2.24) is 19.7 Å². The first kappa shape index (κ1) is 23.0. The number of thioether (sulfide) groups is 1. The summed E-state index contributed by atoms with van der Waals surface area (Å²) < 4.78 is 7.56. The van der Waals surface area contributed by atoms with Crippen LogP contribution in [-0.2, 0) is 4.79 Å². The van der Waals surface area contributed by atoms with Crippen LogP contribution in [0, 0.1) is 0 Å². The maximum atomic E-state index is 12.6. The van der Waals surface area contributed by atoms with Crippen molar-refractivity contribution < 1.29 is 9.53 Å². The largest absolute Gasteiger partial charge is 0.494 e. The standard InChI is InChI=1S/C26H22ClN5O2S/c1-2-34-20-13-11-19(12-14-20)32-25(22-15-28-23-6-4-3-5-21(22)23)30-31-26(32)35-16-24(33)29-18-9-7-17(27)8-10-18/h3-15,28H,2,16H2,1H3,(H,29,33). The van der Waals surface area contributed by atoms with Crippen LogP contribution in [0.5, 0.6) is 5.75 Å². The van der Waals surface area contributed by atoms with Crippen LogP contribution < -0.4 is 10.1 Å². The lowest BCUT2D eigenvalue weighted by Crippen LogP contribution is -2.14. The Labute approximate surface area is 211 Å². The van der Waals surface area contributed by atoms with E-state index in [1.165, 1.54) is 11.8 Å². The highest BCUT2D eigenvalue weighted by atomic mass is 35.5. The first-order valence-electron chi connectivity index (χ1n) is 11.1. The van der Waals surface area contributed by atoms with E-state index >= 15 is 0 Å². The van der Waals surface area contributed by atoms with Crippen molar-refractivity contribution in [3.05, 3.63) is 84.0 Å². The average Bonchev–Trinajstić information content (AvgIpc) is 3.49. The quantitative estimate of drug-likeness (QED) is 0.246. The molecule has 35 heavy (non-hydrogen) atoms. The van der Waals surface area contributed by atoms with Crippen molar-refractivity contribution in [2.75, 3.05) is 17.7 Å². The van der Waals surface area contributed by atoms with Crippen LogP contribution in [0.3, 0.4) is 0 Å². The number of nitrogens with one attached hydrogen (secondary N) is 2. The van der Waals surface area contributed by atoms with Crippen molar-refractivity contribution >= 4 is 45.9 Å². The van der Waals surface area contributed by atoms with E-state index in [0.29, 0.717) is 28.3 Å². The Kier molecular flexibility index (Phi) is 6.74. The fraction of sp³-hybridized carbons (Fsp3) is 0.115. The average molecular weight is 504 g/mol. The van der Waals surface area contributed by atoms with Crippen molar-refractivity contribution in [1.29, 1.82) is 0 Å². The van der Waals surface area contributed by atoms with E-state index < -0.39 is 0 Å². The smallest absolute Gasteiger partial charge is 0.234 e. The molecule has 2 heterocycles. The van der Waals surface area contributed by atoms with Crippen molar-refractivity contribution in [2.45, 2.75) is 12.1 Å². The summed E-state index contributed by atoms with van der Waals surface area (Å²) in [6.45, 7) is 2.54. The molecule has 1 amide bonds. The number of para-hydroxylation sites is 1. The molecule has 0 aliphatic heterocycles. The number of H-pyrrole nitrogens is 1. The Morgan fingerprint density at radius 2 is 1.83 bits per heavy atom. The number of ether oxygens (including phenoxy) is 1. The van der Waals surface area contributed by atoms with E-state index in [4.69, 9.17) is 16.3 Å². The molecule has 9 heteroatoms. The second-order valence-electron chi connectivity index (χ2n) is 7.66. The number of anilines is 1. The molecule has 0 saturated heterocycles. The third kappa shape index (κ3) is 5.03. The maximum Gasteiger partial charge on any atom is 0.234 e. The van der Waals surface area contributed by atoms with Gasteiger partial charge in [-0.15, -0.1) is 10.2 Å². The molecular formula is C26H22ClN5O2S. The lowest BCUT2D eigenvalue weighted by Gasteiger charge is -2.11. The molecule has 0 aliphatic carbocycles. The highest BCUT2D eigenvalue weighted by Crippen LogP contribution is 2.33. The zero-order valence-corrected chi connectivity index (χ0v) is 20.4. The molecule has 0 spiro atoms. The van der Waals surface area contributed by atoms with Crippen LogP contribution in [-0.4, -0.2) is 38.0 Å². The van der Waals surface area contributed by atoms with Gasteiger partial charge in [0.15, 0.2) is 11.0 Å². The molecule has 0 atom stereocenters. The highest BCUT2D eigenvalue weighted by molar-refractivity contribution is 7.99. The zero-order valence-electron chi connectivity index (χ0n) is 18.9. The van der Waals surface area contributed by atoms with E-state index in [1.54, 1.807) is 24.3 Å². The maximum absolute atomic E-state index is 12.6. The van der Waals surface area contributed by atoms with Gasteiger partial charge < -0.3 is 15.0 Å². The molecular weight excluding hydrogens is 482 g/mol. The number of aromatic nitrogens is 4. The van der Waals surface area contributed by atoms with Crippen LogP contribution in [0.1, 0.15) is 6.92 Å². The SMILES string of the molecule is CCOc1ccc(-n2c(SCC(=O)Nc3ccc(Cl)cc3)nnc2-c2c[nH]c3ccccc23)cc1. The number of rotatable bonds is 8. The summed E-state index contributed by atoms with van der Waals surface area (Å²) in [4.78, 5) is 15.9. The van der Waals surface area contributed by atoms with Gasteiger partial charge in [0.25, 0.3) is 0 Å². The van der Waals surface area contributed by atoms with Crippen LogP contribution in [0.15, 0.2) is 84.1 Å². The summed E-state index contributed by atoms with van der Waals surface area (Å²) in [7, 11) is 0. The van der Waals surface area contributed by atoms with Crippen LogP contribution in [0.25, 0.3) is 28.0 Å². The van der Waals surface area contributed by atoms with E-state index in [-0.39, 0.29) is 11.7 Å². The molecule has 2 N–H and O–H groups in total. The van der Waals surface area contributed by atoms with Crippen LogP contribution >= 0.6 is 23.4 Å². The zero-order chi connectivity index (χ0) is 24.2. The Hall–Kier alpha value is -3.75. The molecule has 0 radical (unpaired) electrons. The molecule has 0 unspecified atom stereocenters. The molecule has 5 rings (SSSR count). The predicted octanol–water partition coefficient (Wildman–Crippen LogP) is 6.20.